The topological polar surface area (TPSA) is 72.5 Å². The van der Waals surface area contributed by atoms with E-state index in [1.165, 1.54) is 0 Å². The van der Waals surface area contributed by atoms with E-state index in [-0.39, 0.29) is 29.9 Å². The number of carbonyl (C=O) groups excluding carboxylic acids is 1. The Kier molecular flexibility index (Phi) is 5.76. The van der Waals surface area contributed by atoms with Gasteiger partial charge in [0.25, 0.3) is 0 Å². The maximum atomic E-state index is 11.9. The Bertz CT molecular complexity index is 550. The van der Waals surface area contributed by atoms with Crippen molar-refractivity contribution in [3.05, 3.63) is 35.9 Å². The van der Waals surface area contributed by atoms with E-state index in [2.05, 4.69) is 5.32 Å². The first-order valence-electron chi connectivity index (χ1n) is 7.17. The average Bonchev–Trinajstić information content (AvgIpc) is 3.00. The van der Waals surface area contributed by atoms with E-state index in [1.807, 2.05) is 30.3 Å². The summed E-state index contributed by atoms with van der Waals surface area (Å²) in [7, 11) is -3.14. The fraction of sp³-hybridized carbons (Fsp3) is 0.533. The molecular formula is C15H21NO4S. The van der Waals surface area contributed by atoms with Crippen molar-refractivity contribution in [2.75, 3.05) is 31.3 Å². The van der Waals surface area contributed by atoms with Gasteiger partial charge in [-0.2, -0.15) is 0 Å². The molecule has 2 rings (SSSR count). The second-order valence-corrected chi connectivity index (χ2v) is 7.54. The van der Waals surface area contributed by atoms with Gasteiger partial charge in [-0.3, -0.25) is 4.79 Å². The third-order valence-electron chi connectivity index (χ3n) is 3.56. The molecule has 1 aromatic carbocycles. The van der Waals surface area contributed by atoms with Gasteiger partial charge in [-0.05, 0) is 18.4 Å². The lowest BCUT2D eigenvalue weighted by molar-refractivity contribution is -0.124. The highest BCUT2D eigenvalue weighted by Gasteiger charge is 2.23. The van der Waals surface area contributed by atoms with Crippen molar-refractivity contribution in [1.82, 2.24) is 5.32 Å². The molecule has 1 amide bonds. The number of carbonyl (C=O) groups is 1. The van der Waals surface area contributed by atoms with Gasteiger partial charge in [0.2, 0.25) is 5.91 Å². The number of aryl methyl sites for hydroxylation is 1. The Morgan fingerprint density at radius 2 is 2.00 bits per heavy atom. The number of sulfone groups is 1. The highest BCUT2D eigenvalue weighted by Crippen LogP contribution is 2.11. The van der Waals surface area contributed by atoms with E-state index in [0.717, 1.165) is 5.56 Å². The van der Waals surface area contributed by atoms with Crippen molar-refractivity contribution in [3.8, 4) is 0 Å². The lowest BCUT2D eigenvalue weighted by atomic mass is 10.1. The molecule has 0 saturated carbocycles. The fourth-order valence-corrected chi connectivity index (χ4v) is 3.40. The van der Waals surface area contributed by atoms with Crippen molar-refractivity contribution >= 4 is 15.7 Å². The molecule has 1 heterocycles. The molecule has 0 radical (unpaired) electrons. The number of rotatable bonds is 7. The summed E-state index contributed by atoms with van der Waals surface area (Å²) < 4.78 is 29.0. The Morgan fingerprint density at radius 1 is 1.24 bits per heavy atom. The number of amides is 1. The van der Waals surface area contributed by atoms with Crippen LogP contribution in [0.3, 0.4) is 0 Å². The van der Waals surface area contributed by atoms with Gasteiger partial charge in [-0.1, -0.05) is 30.3 Å². The molecule has 0 bridgehead atoms. The summed E-state index contributed by atoms with van der Waals surface area (Å²) in [6.45, 7) is 1.21. The molecule has 0 unspecified atom stereocenters. The smallest absolute Gasteiger partial charge is 0.225 e. The van der Waals surface area contributed by atoms with E-state index in [0.29, 0.717) is 26.1 Å². The van der Waals surface area contributed by atoms with Crippen molar-refractivity contribution < 1.29 is 17.9 Å². The van der Waals surface area contributed by atoms with Crippen LogP contribution >= 0.6 is 0 Å². The van der Waals surface area contributed by atoms with Gasteiger partial charge in [0, 0.05) is 13.2 Å². The minimum absolute atomic E-state index is 0.0147. The minimum atomic E-state index is -3.14. The number of nitrogens with one attached hydrogen (secondary N) is 1. The summed E-state index contributed by atoms with van der Waals surface area (Å²) in [6, 6.07) is 9.52. The molecule has 1 saturated heterocycles. The van der Waals surface area contributed by atoms with E-state index in [9.17, 15) is 13.2 Å². The third-order valence-corrected chi connectivity index (χ3v) is 5.21. The zero-order valence-electron chi connectivity index (χ0n) is 12.0. The highest BCUT2D eigenvalue weighted by atomic mass is 32.2. The second kappa shape index (κ2) is 7.56. The predicted molar refractivity (Wildman–Crippen MR) is 80.7 cm³/mol. The third kappa shape index (κ3) is 5.47. The summed E-state index contributed by atoms with van der Waals surface area (Å²) in [5.74, 6) is -0.138. The van der Waals surface area contributed by atoms with Crippen LogP contribution in [0.15, 0.2) is 30.3 Å². The highest BCUT2D eigenvalue weighted by molar-refractivity contribution is 7.91. The van der Waals surface area contributed by atoms with Crippen LogP contribution in [0.5, 0.6) is 0 Å². The lowest BCUT2D eigenvalue weighted by Crippen LogP contribution is -2.35. The normalized spacial score (nSPS) is 18.6. The largest absolute Gasteiger partial charge is 0.381 e. The molecule has 1 atom stereocenters. The fourth-order valence-electron chi connectivity index (χ4n) is 2.24. The maximum Gasteiger partial charge on any atom is 0.225 e. The van der Waals surface area contributed by atoms with E-state index >= 15 is 0 Å². The molecule has 0 aliphatic carbocycles. The maximum absolute atomic E-state index is 11.9. The van der Waals surface area contributed by atoms with Crippen LogP contribution in [-0.2, 0) is 25.8 Å². The number of benzene rings is 1. The monoisotopic (exact) mass is 311 g/mol. The summed E-state index contributed by atoms with van der Waals surface area (Å²) in [5, 5.41) is 2.68. The second-order valence-electron chi connectivity index (χ2n) is 5.24. The van der Waals surface area contributed by atoms with E-state index < -0.39 is 9.84 Å². The van der Waals surface area contributed by atoms with Gasteiger partial charge in [-0.15, -0.1) is 0 Å². The molecule has 1 N–H and O–H groups in total. The molecule has 5 nitrogen and oxygen atoms in total. The van der Waals surface area contributed by atoms with Crippen LogP contribution in [-0.4, -0.2) is 45.6 Å². The molecule has 1 aliphatic heterocycles. The van der Waals surface area contributed by atoms with Crippen LogP contribution in [0.4, 0.5) is 0 Å². The average molecular weight is 311 g/mol. The molecule has 0 spiro atoms. The van der Waals surface area contributed by atoms with Gasteiger partial charge in [-0.25, -0.2) is 8.42 Å². The predicted octanol–water partition coefficient (Wildman–Crippen LogP) is 0.797. The number of ether oxygens (including phenoxy) is 1. The van der Waals surface area contributed by atoms with Gasteiger partial charge >= 0.3 is 0 Å². The first-order valence-corrected chi connectivity index (χ1v) is 8.99. The van der Waals surface area contributed by atoms with Crippen molar-refractivity contribution in [1.29, 1.82) is 0 Å². The van der Waals surface area contributed by atoms with E-state index in [4.69, 9.17) is 4.74 Å². The Labute approximate surface area is 125 Å². The molecule has 0 aromatic heterocycles. The van der Waals surface area contributed by atoms with Crippen LogP contribution in [0.1, 0.15) is 12.0 Å². The quantitative estimate of drug-likeness (QED) is 0.808. The van der Waals surface area contributed by atoms with Crippen LogP contribution in [0, 0.1) is 5.92 Å². The van der Waals surface area contributed by atoms with Crippen molar-refractivity contribution in [2.45, 2.75) is 12.8 Å². The van der Waals surface area contributed by atoms with Crippen LogP contribution in [0.25, 0.3) is 0 Å². The summed E-state index contributed by atoms with van der Waals surface area (Å²) in [5.41, 5.74) is 1.01. The summed E-state index contributed by atoms with van der Waals surface area (Å²) >= 11 is 0. The SMILES string of the molecule is O=C(NCCS(=O)(=O)CCc1ccccc1)[C@H]1CCOC1. The van der Waals surface area contributed by atoms with Crippen LogP contribution in [0.2, 0.25) is 0 Å². The van der Waals surface area contributed by atoms with Gasteiger partial charge in [0.05, 0.1) is 24.0 Å². The minimum Gasteiger partial charge on any atom is -0.381 e. The van der Waals surface area contributed by atoms with Gasteiger partial charge in [0.1, 0.15) is 0 Å². The Balaban J connectivity index is 1.70. The Hall–Kier alpha value is -1.40. The van der Waals surface area contributed by atoms with Crippen LogP contribution < -0.4 is 5.32 Å². The molecule has 6 heteroatoms. The molecule has 1 aromatic rings. The molecular weight excluding hydrogens is 290 g/mol. The molecule has 21 heavy (non-hydrogen) atoms. The lowest BCUT2D eigenvalue weighted by Gasteiger charge is -2.09. The standard InChI is InChI=1S/C15H21NO4S/c17-15(14-6-9-20-12-14)16-8-11-21(18,19)10-7-13-4-2-1-3-5-13/h1-5,14H,6-12H2,(H,16,17)/t14-/m0/s1. The number of hydrogen-bond acceptors (Lipinski definition) is 4. The summed E-state index contributed by atoms with van der Waals surface area (Å²) in [6.07, 6.45) is 1.22. The number of hydrogen-bond donors (Lipinski definition) is 1. The van der Waals surface area contributed by atoms with Crippen molar-refractivity contribution in [2.24, 2.45) is 5.92 Å². The van der Waals surface area contributed by atoms with Gasteiger partial charge in [0.15, 0.2) is 9.84 Å². The molecule has 116 valence electrons. The zero-order valence-corrected chi connectivity index (χ0v) is 12.8. The first-order chi connectivity index (χ1) is 10.1. The summed E-state index contributed by atoms with van der Waals surface area (Å²) in [4.78, 5) is 11.7. The van der Waals surface area contributed by atoms with Gasteiger partial charge < -0.3 is 10.1 Å². The first kappa shape index (κ1) is 16.0. The molecule has 1 aliphatic rings. The zero-order chi connectivity index (χ0) is 15.1. The van der Waals surface area contributed by atoms with E-state index in [1.54, 1.807) is 0 Å². The van der Waals surface area contributed by atoms with Crippen molar-refractivity contribution in [3.63, 3.8) is 0 Å². The molecule has 1 fully saturated rings. The Morgan fingerprint density at radius 3 is 2.67 bits per heavy atom.